The number of benzene rings is 1. The molecule has 5 heteroatoms. The zero-order valence-corrected chi connectivity index (χ0v) is 13.3. The number of rotatable bonds is 6. The molecule has 1 fully saturated rings. The molecule has 106 valence electrons. The van der Waals surface area contributed by atoms with Gasteiger partial charge in [0.25, 0.3) is 0 Å². The lowest BCUT2D eigenvalue weighted by atomic mass is 9.83. The SMILES string of the molecule is C[SiH](C)O[C@H]1C[C@@H](COCc2ccc(F)cc2Cl)C1. The molecule has 1 saturated carbocycles. The normalized spacial score (nSPS) is 22.6. The molecule has 2 nitrogen and oxygen atoms in total. The highest BCUT2D eigenvalue weighted by molar-refractivity contribution is 6.48. The molecule has 0 aliphatic heterocycles. The quantitative estimate of drug-likeness (QED) is 0.745. The molecule has 0 radical (unpaired) electrons. The molecule has 0 saturated heterocycles. The van der Waals surface area contributed by atoms with Crippen molar-refractivity contribution in [1.82, 2.24) is 0 Å². The predicted octanol–water partition coefficient (Wildman–Crippen LogP) is 3.77. The van der Waals surface area contributed by atoms with Crippen molar-refractivity contribution in [2.75, 3.05) is 6.61 Å². The molecule has 1 aromatic rings. The minimum atomic E-state index is -0.904. The second-order valence-corrected chi connectivity index (χ2v) is 8.17. The van der Waals surface area contributed by atoms with Crippen LogP contribution in [0.4, 0.5) is 4.39 Å². The Morgan fingerprint density at radius 2 is 2.11 bits per heavy atom. The van der Waals surface area contributed by atoms with Crippen molar-refractivity contribution in [3.63, 3.8) is 0 Å². The van der Waals surface area contributed by atoms with E-state index in [9.17, 15) is 4.39 Å². The third kappa shape index (κ3) is 4.56. The molecule has 0 amide bonds. The van der Waals surface area contributed by atoms with Crippen molar-refractivity contribution < 1.29 is 13.6 Å². The first-order chi connectivity index (χ1) is 9.04. The van der Waals surface area contributed by atoms with E-state index in [4.69, 9.17) is 20.8 Å². The average molecular weight is 303 g/mol. The van der Waals surface area contributed by atoms with Gasteiger partial charge in [-0.25, -0.2) is 4.39 Å². The molecule has 0 spiro atoms. The molecule has 0 N–H and O–H groups in total. The van der Waals surface area contributed by atoms with Gasteiger partial charge in [0.05, 0.1) is 13.2 Å². The molecule has 19 heavy (non-hydrogen) atoms. The van der Waals surface area contributed by atoms with Crippen molar-refractivity contribution in [3.8, 4) is 0 Å². The average Bonchev–Trinajstić information content (AvgIpc) is 2.27. The van der Waals surface area contributed by atoms with E-state index in [1.807, 2.05) is 0 Å². The summed E-state index contributed by atoms with van der Waals surface area (Å²) < 4.78 is 24.4. The maximum Gasteiger partial charge on any atom is 0.171 e. The number of ether oxygens (including phenoxy) is 1. The summed E-state index contributed by atoms with van der Waals surface area (Å²) in [5.41, 5.74) is 0.838. The maximum atomic E-state index is 12.9. The van der Waals surface area contributed by atoms with Gasteiger partial charge < -0.3 is 9.16 Å². The molecule has 0 bridgehead atoms. The van der Waals surface area contributed by atoms with Crippen LogP contribution in [0.2, 0.25) is 18.1 Å². The minimum absolute atomic E-state index is 0.314. The van der Waals surface area contributed by atoms with Crippen LogP contribution in [0.15, 0.2) is 18.2 Å². The molecule has 0 heterocycles. The first-order valence-corrected chi connectivity index (χ1v) is 9.87. The van der Waals surface area contributed by atoms with Crippen molar-refractivity contribution in [3.05, 3.63) is 34.6 Å². The monoisotopic (exact) mass is 302 g/mol. The molecule has 1 aliphatic carbocycles. The fourth-order valence-corrected chi connectivity index (χ4v) is 3.49. The van der Waals surface area contributed by atoms with Crippen LogP contribution in [0, 0.1) is 11.7 Å². The van der Waals surface area contributed by atoms with Crippen molar-refractivity contribution >= 4 is 20.6 Å². The van der Waals surface area contributed by atoms with E-state index < -0.39 is 9.04 Å². The summed E-state index contributed by atoms with van der Waals surface area (Å²) in [5.74, 6) is 0.280. The van der Waals surface area contributed by atoms with Gasteiger partial charge in [0, 0.05) is 11.1 Å². The molecule has 2 rings (SSSR count). The van der Waals surface area contributed by atoms with Crippen LogP contribution < -0.4 is 0 Å². The van der Waals surface area contributed by atoms with Crippen molar-refractivity contribution in [1.29, 1.82) is 0 Å². The van der Waals surface area contributed by atoms with E-state index >= 15 is 0 Å². The van der Waals surface area contributed by atoms with Gasteiger partial charge in [0.2, 0.25) is 0 Å². The Labute approximate surface area is 120 Å². The number of halogens is 2. The predicted molar refractivity (Wildman–Crippen MR) is 77.5 cm³/mol. The largest absolute Gasteiger partial charge is 0.418 e. The molecular weight excluding hydrogens is 283 g/mol. The smallest absolute Gasteiger partial charge is 0.171 e. The van der Waals surface area contributed by atoms with Gasteiger partial charge in [-0.05, 0) is 49.5 Å². The zero-order valence-electron chi connectivity index (χ0n) is 11.4. The third-order valence-corrected chi connectivity index (χ3v) is 4.56. The summed E-state index contributed by atoms with van der Waals surface area (Å²) in [6.07, 6.45) is 2.65. The van der Waals surface area contributed by atoms with E-state index in [1.165, 1.54) is 12.1 Å². The fraction of sp³-hybridized carbons (Fsp3) is 0.571. The summed E-state index contributed by atoms with van der Waals surface area (Å²) in [5, 5.41) is 0.431. The van der Waals surface area contributed by atoms with Gasteiger partial charge in [0.15, 0.2) is 9.04 Å². The Balaban J connectivity index is 1.65. The first-order valence-electron chi connectivity index (χ1n) is 6.71. The van der Waals surface area contributed by atoms with Crippen LogP contribution in [0.25, 0.3) is 0 Å². The van der Waals surface area contributed by atoms with Gasteiger partial charge in [-0.2, -0.15) is 0 Å². The lowest BCUT2D eigenvalue weighted by molar-refractivity contribution is -0.00327. The van der Waals surface area contributed by atoms with Crippen LogP contribution in [0.1, 0.15) is 18.4 Å². The Bertz CT molecular complexity index is 422. The summed E-state index contributed by atoms with van der Waals surface area (Å²) in [6.45, 7) is 5.56. The van der Waals surface area contributed by atoms with Crippen LogP contribution in [-0.2, 0) is 15.8 Å². The Kier molecular flexibility index (Phi) is 5.39. The van der Waals surface area contributed by atoms with E-state index in [0.717, 1.165) is 25.0 Å². The summed E-state index contributed by atoms with van der Waals surface area (Å²) in [7, 11) is -0.904. The molecule has 0 atom stereocenters. The molecule has 1 aromatic carbocycles. The second kappa shape index (κ2) is 6.84. The Morgan fingerprint density at radius 3 is 2.74 bits per heavy atom. The summed E-state index contributed by atoms with van der Waals surface area (Å²) >= 11 is 5.94. The first kappa shape index (κ1) is 15.0. The van der Waals surface area contributed by atoms with E-state index in [-0.39, 0.29) is 5.82 Å². The maximum absolute atomic E-state index is 12.9. The van der Waals surface area contributed by atoms with Gasteiger partial charge in [-0.3, -0.25) is 0 Å². The molecule has 0 aromatic heterocycles. The van der Waals surface area contributed by atoms with E-state index in [2.05, 4.69) is 13.1 Å². The minimum Gasteiger partial charge on any atom is -0.418 e. The highest BCUT2D eigenvalue weighted by Gasteiger charge is 2.30. The van der Waals surface area contributed by atoms with Crippen LogP contribution >= 0.6 is 11.6 Å². The van der Waals surface area contributed by atoms with Gasteiger partial charge >= 0.3 is 0 Å². The third-order valence-electron chi connectivity index (χ3n) is 3.28. The second-order valence-electron chi connectivity index (χ2n) is 5.40. The van der Waals surface area contributed by atoms with Gasteiger partial charge in [-0.15, -0.1) is 0 Å². The van der Waals surface area contributed by atoms with Crippen molar-refractivity contribution in [2.45, 2.75) is 38.6 Å². The standard InChI is InChI=1S/C14H20ClFO2Si/c1-19(2)18-13-5-10(6-13)8-17-9-11-3-4-12(16)7-14(11)15/h3-4,7,10,13,19H,5-6,8-9H2,1-2H3/t10-,13+. The lowest BCUT2D eigenvalue weighted by Gasteiger charge is -2.36. The molecular formula is C14H20ClFO2Si. The fourth-order valence-electron chi connectivity index (χ4n) is 2.28. The van der Waals surface area contributed by atoms with Gasteiger partial charge in [0.1, 0.15) is 5.82 Å². The highest BCUT2D eigenvalue weighted by atomic mass is 35.5. The van der Waals surface area contributed by atoms with Crippen LogP contribution in [0.5, 0.6) is 0 Å². The molecule has 0 unspecified atom stereocenters. The van der Waals surface area contributed by atoms with Crippen LogP contribution in [0.3, 0.4) is 0 Å². The zero-order chi connectivity index (χ0) is 13.8. The number of hydrogen-bond donors (Lipinski definition) is 0. The van der Waals surface area contributed by atoms with Crippen molar-refractivity contribution in [2.24, 2.45) is 5.92 Å². The highest BCUT2D eigenvalue weighted by Crippen LogP contribution is 2.31. The number of hydrogen-bond acceptors (Lipinski definition) is 2. The van der Waals surface area contributed by atoms with E-state index in [1.54, 1.807) is 6.07 Å². The van der Waals surface area contributed by atoms with Crippen LogP contribution in [-0.4, -0.2) is 21.8 Å². The molecule has 1 aliphatic rings. The summed E-state index contributed by atoms with van der Waals surface area (Å²) in [6, 6.07) is 4.40. The van der Waals surface area contributed by atoms with E-state index in [0.29, 0.717) is 23.7 Å². The van der Waals surface area contributed by atoms with Gasteiger partial charge in [-0.1, -0.05) is 17.7 Å². The summed E-state index contributed by atoms with van der Waals surface area (Å²) in [4.78, 5) is 0. The lowest BCUT2D eigenvalue weighted by Crippen LogP contribution is -2.36. The topological polar surface area (TPSA) is 18.5 Å². The Morgan fingerprint density at radius 1 is 1.37 bits per heavy atom. The Hall–Kier alpha value is -0.423.